The molecule has 0 aliphatic heterocycles. The number of carbonyl (C=O) groups is 1. The van der Waals surface area contributed by atoms with E-state index in [1.54, 1.807) is 0 Å². The third-order valence-corrected chi connectivity index (χ3v) is 8.61. The average Bonchev–Trinajstić information content (AvgIpc) is 2.90. The highest BCUT2D eigenvalue weighted by molar-refractivity contribution is 7.93. The first-order valence-electron chi connectivity index (χ1n) is 11.7. The van der Waals surface area contributed by atoms with Gasteiger partial charge in [-0.1, -0.05) is 134 Å². The summed E-state index contributed by atoms with van der Waals surface area (Å²) < 4.78 is 14.5. The number of benzene rings is 4. The molecule has 4 rings (SSSR count). The average molecular weight is 513 g/mol. The van der Waals surface area contributed by atoms with Gasteiger partial charge in [-0.25, -0.2) is 0 Å². The predicted molar refractivity (Wildman–Crippen MR) is 151 cm³/mol. The second-order valence-electron chi connectivity index (χ2n) is 8.58. The quantitative estimate of drug-likeness (QED) is 0.228. The van der Waals surface area contributed by atoms with Crippen LogP contribution in [-0.4, -0.2) is 20.7 Å². The molecule has 0 bridgehead atoms. The fourth-order valence-corrected chi connectivity index (χ4v) is 7.04. The Morgan fingerprint density at radius 3 is 1.28 bits per heavy atom. The number of primary amides is 1. The Hall–Kier alpha value is -3.45. The molecular weight excluding hydrogens is 484 g/mol. The summed E-state index contributed by atoms with van der Waals surface area (Å²) in [6.45, 7) is 0. The van der Waals surface area contributed by atoms with Gasteiger partial charge in [0.15, 0.2) is 5.25 Å². The summed E-state index contributed by atoms with van der Waals surface area (Å²) in [6.07, 6.45) is 0. The maximum Gasteiger partial charge on any atom is 0.271 e. The Morgan fingerprint density at radius 2 is 0.972 bits per heavy atom. The summed E-state index contributed by atoms with van der Waals surface area (Å²) in [5, 5.41) is -1.72. The van der Waals surface area contributed by atoms with Gasteiger partial charge in [-0.05, 0) is 22.3 Å². The molecular formula is C30H28N2O2S2. The molecule has 4 aromatic carbocycles. The van der Waals surface area contributed by atoms with Crippen LogP contribution >= 0.6 is 12.2 Å². The van der Waals surface area contributed by atoms with Crippen LogP contribution in [0.5, 0.6) is 0 Å². The Labute approximate surface area is 220 Å². The van der Waals surface area contributed by atoms with Gasteiger partial charge in [-0.2, -0.15) is 0 Å². The van der Waals surface area contributed by atoms with E-state index in [9.17, 15) is 9.35 Å². The van der Waals surface area contributed by atoms with Crippen LogP contribution in [0.25, 0.3) is 0 Å². The SMILES string of the molecule is NC(=O)C(C(C(N)=S)C(c1ccccc1)c1ccccc1)[S+]([O-])C(c1ccccc1)c1ccccc1. The van der Waals surface area contributed by atoms with Crippen molar-refractivity contribution >= 4 is 34.3 Å². The lowest BCUT2D eigenvalue weighted by Crippen LogP contribution is -2.50. The Morgan fingerprint density at radius 1 is 0.639 bits per heavy atom. The molecule has 0 saturated carbocycles. The molecule has 6 heteroatoms. The second-order valence-corrected chi connectivity index (χ2v) is 10.7. The monoisotopic (exact) mass is 512 g/mol. The van der Waals surface area contributed by atoms with E-state index in [-0.39, 0.29) is 4.99 Å². The largest absolute Gasteiger partial charge is 0.615 e. The fourth-order valence-electron chi connectivity index (χ4n) is 4.72. The minimum atomic E-state index is -1.79. The van der Waals surface area contributed by atoms with Crippen molar-refractivity contribution in [1.82, 2.24) is 0 Å². The normalized spacial score (nSPS) is 13.8. The lowest BCUT2D eigenvalue weighted by molar-refractivity contribution is -0.118. The lowest BCUT2D eigenvalue weighted by atomic mass is 9.78. The zero-order valence-electron chi connectivity index (χ0n) is 19.6. The van der Waals surface area contributed by atoms with Crippen molar-refractivity contribution < 1.29 is 9.35 Å². The molecule has 0 aliphatic rings. The van der Waals surface area contributed by atoms with Crippen LogP contribution in [0.4, 0.5) is 0 Å². The van der Waals surface area contributed by atoms with E-state index < -0.39 is 39.4 Å². The van der Waals surface area contributed by atoms with Crippen molar-refractivity contribution in [3.63, 3.8) is 0 Å². The smallest absolute Gasteiger partial charge is 0.271 e. The number of hydrogen-bond acceptors (Lipinski definition) is 3. The predicted octanol–water partition coefficient (Wildman–Crippen LogP) is 5.11. The van der Waals surface area contributed by atoms with E-state index >= 15 is 0 Å². The van der Waals surface area contributed by atoms with Crippen molar-refractivity contribution in [2.45, 2.75) is 16.4 Å². The van der Waals surface area contributed by atoms with Crippen LogP contribution in [0.1, 0.15) is 33.4 Å². The van der Waals surface area contributed by atoms with Crippen molar-refractivity contribution in [2.75, 3.05) is 0 Å². The summed E-state index contributed by atoms with van der Waals surface area (Å²) in [7, 11) is 0. The standard InChI is InChI=1S/C30H28N2O2S2/c31-29(33)28(36(34)27(23-17-9-3-10-18-23)24-19-11-4-12-20-24)26(30(32)35)25(21-13-5-1-6-14-21)22-15-7-2-8-16-22/h1-20,25-28H,(H2,31,33)(H2,32,35). The number of nitrogens with two attached hydrogens (primary N) is 2. The number of rotatable bonds is 10. The molecule has 182 valence electrons. The van der Waals surface area contributed by atoms with Crippen molar-refractivity contribution in [3.8, 4) is 0 Å². The van der Waals surface area contributed by atoms with Crippen molar-refractivity contribution in [3.05, 3.63) is 144 Å². The maximum atomic E-state index is 14.5. The van der Waals surface area contributed by atoms with E-state index in [1.807, 2.05) is 121 Å². The van der Waals surface area contributed by atoms with Crippen LogP contribution in [-0.2, 0) is 16.0 Å². The molecule has 0 spiro atoms. The van der Waals surface area contributed by atoms with Gasteiger partial charge in [-0.3, -0.25) is 4.79 Å². The molecule has 0 radical (unpaired) electrons. The van der Waals surface area contributed by atoms with Gasteiger partial charge < -0.3 is 16.0 Å². The summed E-state index contributed by atoms with van der Waals surface area (Å²) in [4.78, 5) is 13.2. The van der Waals surface area contributed by atoms with Gasteiger partial charge in [-0.15, -0.1) is 0 Å². The van der Waals surface area contributed by atoms with Gasteiger partial charge in [0.25, 0.3) is 5.91 Å². The van der Waals surface area contributed by atoms with E-state index in [0.717, 1.165) is 22.3 Å². The highest BCUT2D eigenvalue weighted by Crippen LogP contribution is 2.41. The molecule has 0 fully saturated rings. The van der Waals surface area contributed by atoms with Gasteiger partial charge in [0.05, 0.1) is 10.9 Å². The highest BCUT2D eigenvalue weighted by Gasteiger charge is 2.47. The maximum absolute atomic E-state index is 14.5. The Balaban J connectivity index is 1.88. The van der Waals surface area contributed by atoms with Crippen molar-refractivity contribution in [1.29, 1.82) is 0 Å². The first-order chi connectivity index (χ1) is 17.5. The van der Waals surface area contributed by atoms with E-state index in [2.05, 4.69) is 0 Å². The van der Waals surface area contributed by atoms with Crippen LogP contribution in [0.3, 0.4) is 0 Å². The third kappa shape index (κ3) is 5.68. The zero-order valence-corrected chi connectivity index (χ0v) is 21.3. The molecule has 4 nitrogen and oxygen atoms in total. The Kier molecular flexibility index (Phi) is 8.54. The van der Waals surface area contributed by atoms with Crippen LogP contribution in [0, 0.1) is 5.92 Å². The first-order valence-corrected chi connectivity index (χ1v) is 13.3. The van der Waals surface area contributed by atoms with Gasteiger partial charge >= 0.3 is 0 Å². The zero-order chi connectivity index (χ0) is 25.5. The lowest BCUT2D eigenvalue weighted by Gasteiger charge is -2.35. The molecule has 0 aromatic heterocycles. The van der Waals surface area contributed by atoms with Crippen molar-refractivity contribution in [2.24, 2.45) is 17.4 Å². The van der Waals surface area contributed by atoms with E-state index in [1.165, 1.54) is 0 Å². The number of thiocarbonyl (C=S) groups is 1. The van der Waals surface area contributed by atoms with Crippen LogP contribution in [0.15, 0.2) is 121 Å². The second kappa shape index (κ2) is 12.0. The van der Waals surface area contributed by atoms with E-state index in [0.29, 0.717) is 0 Å². The van der Waals surface area contributed by atoms with Crippen LogP contribution < -0.4 is 11.5 Å². The summed E-state index contributed by atoms with van der Waals surface area (Å²) in [6, 6.07) is 38.4. The fraction of sp³-hybridized carbons (Fsp3) is 0.133. The molecule has 0 aliphatic carbocycles. The third-order valence-electron chi connectivity index (χ3n) is 6.30. The van der Waals surface area contributed by atoms with Gasteiger partial charge in [0.2, 0.25) is 5.25 Å². The summed E-state index contributed by atoms with van der Waals surface area (Å²) in [5.41, 5.74) is 15.9. The Bertz CT molecular complexity index is 1190. The molecule has 0 saturated heterocycles. The number of carbonyl (C=O) groups excluding carboxylic acids is 1. The van der Waals surface area contributed by atoms with E-state index in [4.69, 9.17) is 23.7 Å². The summed E-state index contributed by atoms with van der Waals surface area (Å²) in [5.74, 6) is -1.86. The molecule has 3 unspecified atom stereocenters. The molecule has 0 heterocycles. The molecule has 4 aromatic rings. The molecule has 3 atom stereocenters. The van der Waals surface area contributed by atoms with Gasteiger partial charge in [0, 0.05) is 17.0 Å². The minimum absolute atomic E-state index is 0.102. The van der Waals surface area contributed by atoms with Crippen LogP contribution in [0.2, 0.25) is 0 Å². The highest BCUT2D eigenvalue weighted by atomic mass is 32.2. The minimum Gasteiger partial charge on any atom is -0.615 e. The first kappa shape index (κ1) is 25.6. The molecule has 36 heavy (non-hydrogen) atoms. The molecule has 4 N–H and O–H groups in total. The topological polar surface area (TPSA) is 92.2 Å². The molecule has 1 amide bonds. The van der Waals surface area contributed by atoms with Gasteiger partial charge in [0.1, 0.15) is 0 Å². The number of hydrogen-bond donors (Lipinski definition) is 2. The number of amides is 1. The summed E-state index contributed by atoms with van der Waals surface area (Å²) >= 11 is 3.77.